The second-order valence-corrected chi connectivity index (χ2v) is 4.17. The van der Waals surface area contributed by atoms with E-state index in [9.17, 15) is 4.79 Å². The second kappa shape index (κ2) is 4.18. The van der Waals surface area contributed by atoms with Crippen molar-refractivity contribution in [2.45, 2.75) is 0 Å². The zero-order valence-corrected chi connectivity index (χ0v) is 9.92. The highest BCUT2D eigenvalue weighted by molar-refractivity contribution is 6.12. The van der Waals surface area contributed by atoms with Gasteiger partial charge in [0, 0.05) is 12.0 Å². The predicted octanol–water partition coefficient (Wildman–Crippen LogP) is 2.90. The number of rotatable bonds is 2. The number of carbonyl (C=O) groups excluding carboxylic acids is 1. The van der Waals surface area contributed by atoms with Crippen LogP contribution in [0.2, 0.25) is 0 Å². The van der Waals surface area contributed by atoms with Crippen LogP contribution in [0.1, 0.15) is 10.4 Å². The zero-order valence-electron chi connectivity index (χ0n) is 9.92. The third-order valence-corrected chi connectivity index (χ3v) is 3.00. The van der Waals surface area contributed by atoms with Gasteiger partial charge in [-0.15, -0.1) is 0 Å². The van der Waals surface area contributed by atoms with Crippen molar-refractivity contribution in [3.05, 3.63) is 59.9 Å². The molecule has 1 aromatic carbocycles. The first-order chi connectivity index (χ1) is 8.78. The van der Waals surface area contributed by atoms with E-state index in [4.69, 9.17) is 9.47 Å². The molecule has 0 bridgehead atoms. The van der Waals surface area contributed by atoms with Crippen molar-refractivity contribution in [1.82, 2.24) is 0 Å². The Bertz CT molecular complexity index is 582. The Labute approximate surface area is 105 Å². The molecule has 0 N–H and O–H groups in total. The van der Waals surface area contributed by atoms with E-state index in [1.807, 2.05) is 30.4 Å². The third kappa shape index (κ3) is 1.74. The summed E-state index contributed by atoms with van der Waals surface area (Å²) in [4.78, 5) is 12.1. The molecule has 3 nitrogen and oxygen atoms in total. The monoisotopic (exact) mass is 240 g/mol. The van der Waals surface area contributed by atoms with Crippen molar-refractivity contribution in [2.24, 2.45) is 5.92 Å². The Hall–Kier alpha value is -2.29. The lowest BCUT2D eigenvalue weighted by molar-refractivity contribution is 0.101. The maximum Gasteiger partial charge on any atom is 0.231 e. The molecule has 18 heavy (non-hydrogen) atoms. The van der Waals surface area contributed by atoms with E-state index in [0.29, 0.717) is 22.8 Å². The standard InChI is InChI=1S/C15H12O3/c1-17-11-6-7-12-13(9-11)18-14(15(12)16)8-10-4-2-3-5-10/h2-10H,1H3/b14-8-. The maximum atomic E-state index is 12.1. The second-order valence-electron chi connectivity index (χ2n) is 4.17. The van der Waals surface area contributed by atoms with Gasteiger partial charge < -0.3 is 9.47 Å². The van der Waals surface area contributed by atoms with Crippen LogP contribution >= 0.6 is 0 Å². The largest absolute Gasteiger partial charge is 0.497 e. The van der Waals surface area contributed by atoms with Crippen LogP contribution in [0.15, 0.2) is 54.3 Å². The fraction of sp³-hybridized carbons (Fsp3) is 0.133. The van der Waals surface area contributed by atoms with Crippen LogP contribution in [-0.2, 0) is 0 Å². The lowest BCUT2D eigenvalue weighted by Gasteiger charge is -2.02. The van der Waals surface area contributed by atoms with Crippen molar-refractivity contribution in [3.63, 3.8) is 0 Å². The van der Waals surface area contributed by atoms with Crippen LogP contribution < -0.4 is 9.47 Å². The number of Topliss-reactive ketones (excluding diaryl/α,β-unsaturated/α-hetero) is 1. The zero-order chi connectivity index (χ0) is 12.5. The van der Waals surface area contributed by atoms with Gasteiger partial charge in [-0.2, -0.15) is 0 Å². The van der Waals surface area contributed by atoms with Crippen LogP contribution in [0.4, 0.5) is 0 Å². The normalized spacial score (nSPS) is 19.4. The molecule has 0 saturated heterocycles. The van der Waals surface area contributed by atoms with Crippen molar-refractivity contribution in [1.29, 1.82) is 0 Å². The van der Waals surface area contributed by atoms with Gasteiger partial charge in [0.15, 0.2) is 5.76 Å². The summed E-state index contributed by atoms with van der Waals surface area (Å²) >= 11 is 0. The Morgan fingerprint density at radius 3 is 2.78 bits per heavy atom. The average molecular weight is 240 g/mol. The molecule has 0 amide bonds. The van der Waals surface area contributed by atoms with Crippen molar-refractivity contribution < 1.29 is 14.3 Å². The molecule has 0 atom stereocenters. The Morgan fingerprint density at radius 2 is 2.06 bits per heavy atom. The summed E-state index contributed by atoms with van der Waals surface area (Å²) in [5, 5.41) is 0. The summed E-state index contributed by atoms with van der Waals surface area (Å²) in [5.41, 5.74) is 0.591. The summed E-state index contributed by atoms with van der Waals surface area (Å²) < 4.78 is 10.7. The van der Waals surface area contributed by atoms with E-state index < -0.39 is 0 Å². The summed E-state index contributed by atoms with van der Waals surface area (Å²) in [7, 11) is 1.59. The van der Waals surface area contributed by atoms with Gasteiger partial charge in [-0.1, -0.05) is 24.3 Å². The Kier molecular flexibility index (Phi) is 2.52. The van der Waals surface area contributed by atoms with E-state index in [1.54, 1.807) is 25.3 Å². The van der Waals surface area contributed by atoms with Gasteiger partial charge in [0.05, 0.1) is 12.7 Å². The fourth-order valence-corrected chi connectivity index (χ4v) is 2.04. The lowest BCUT2D eigenvalue weighted by Crippen LogP contribution is -2.00. The Morgan fingerprint density at radius 1 is 1.28 bits per heavy atom. The molecular weight excluding hydrogens is 228 g/mol. The van der Waals surface area contributed by atoms with E-state index in [-0.39, 0.29) is 11.7 Å². The van der Waals surface area contributed by atoms with Crippen LogP contribution in [0, 0.1) is 5.92 Å². The molecule has 0 spiro atoms. The number of hydrogen-bond acceptors (Lipinski definition) is 3. The number of methoxy groups -OCH3 is 1. The first-order valence-electron chi connectivity index (χ1n) is 5.75. The highest BCUT2D eigenvalue weighted by Gasteiger charge is 2.28. The van der Waals surface area contributed by atoms with Gasteiger partial charge in [-0.05, 0) is 18.2 Å². The summed E-state index contributed by atoms with van der Waals surface area (Å²) in [6.45, 7) is 0. The van der Waals surface area contributed by atoms with E-state index in [2.05, 4.69) is 0 Å². The van der Waals surface area contributed by atoms with Gasteiger partial charge in [-0.3, -0.25) is 4.79 Å². The van der Waals surface area contributed by atoms with Crippen molar-refractivity contribution >= 4 is 5.78 Å². The molecule has 3 rings (SSSR count). The number of benzene rings is 1. The number of allylic oxidation sites excluding steroid dienone is 6. The molecule has 1 aromatic rings. The van der Waals surface area contributed by atoms with Gasteiger partial charge in [0.1, 0.15) is 11.5 Å². The minimum atomic E-state index is -0.0682. The summed E-state index contributed by atoms with van der Waals surface area (Å²) in [5.74, 6) is 1.71. The Balaban J connectivity index is 1.93. The van der Waals surface area contributed by atoms with Crippen LogP contribution in [0.3, 0.4) is 0 Å². The maximum absolute atomic E-state index is 12.1. The molecule has 0 radical (unpaired) electrons. The molecule has 0 fully saturated rings. The highest BCUT2D eigenvalue weighted by Crippen LogP contribution is 2.34. The first-order valence-corrected chi connectivity index (χ1v) is 5.75. The fourth-order valence-electron chi connectivity index (χ4n) is 2.04. The average Bonchev–Trinajstić information content (AvgIpc) is 2.99. The minimum Gasteiger partial charge on any atom is -0.497 e. The summed E-state index contributed by atoms with van der Waals surface area (Å²) in [6, 6.07) is 5.23. The number of fused-ring (bicyclic) bond motifs is 1. The number of ketones is 1. The molecular formula is C15H12O3. The lowest BCUT2D eigenvalue weighted by atomic mass is 10.1. The van der Waals surface area contributed by atoms with Crippen molar-refractivity contribution in [2.75, 3.05) is 7.11 Å². The molecule has 1 heterocycles. The van der Waals surface area contributed by atoms with Crippen LogP contribution in [0.5, 0.6) is 11.5 Å². The highest BCUT2D eigenvalue weighted by atomic mass is 16.5. The quantitative estimate of drug-likeness (QED) is 0.746. The molecule has 1 aliphatic carbocycles. The predicted molar refractivity (Wildman–Crippen MR) is 67.8 cm³/mol. The van der Waals surface area contributed by atoms with E-state index >= 15 is 0 Å². The molecule has 0 aromatic heterocycles. The number of hydrogen-bond donors (Lipinski definition) is 0. The number of ether oxygens (including phenoxy) is 2. The third-order valence-electron chi connectivity index (χ3n) is 3.00. The topological polar surface area (TPSA) is 35.5 Å². The van der Waals surface area contributed by atoms with Gasteiger partial charge >= 0.3 is 0 Å². The minimum absolute atomic E-state index is 0.0682. The first kappa shape index (κ1) is 10.8. The molecule has 1 aliphatic heterocycles. The molecule has 0 unspecified atom stereocenters. The van der Waals surface area contributed by atoms with Gasteiger partial charge in [-0.25, -0.2) is 0 Å². The van der Waals surface area contributed by atoms with Crippen LogP contribution in [-0.4, -0.2) is 12.9 Å². The van der Waals surface area contributed by atoms with Gasteiger partial charge in [0.2, 0.25) is 5.78 Å². The molecule has 2 aliphatic rings. The molecule has 90 valence electrons. The van der Waals surface area contributed by atoms with E-state index in [1.165, 1.54) is 0 Å². The van der Waals surface area contributed by atoms with Crippen LogP contribution in [0.25, 0.3) is 0 Å². The smallest absolute Gasteiger partial charge is 0.231 e. The molecule has 3 heteroatoms. The van der Waals surface area contributed by atoms with E-state index in [0.717, 1.165) is 0 Å². The SMILES string of the molecule is COc1ccc2c(c1)O/C(=C\C1C=CC=C1)C2=O. The van der Waals surface area contributed by atoms with Gasteiger partial charge in [0.25, 0.3) is 0 Å². The summed E-state index contributed by atoms with van der Waals surface area (Å²) in [6.07, 6.45) is 9.75. The molecule has 0 saturated carbocycles. The number of carbonyl (C=O) groups is 1. The van der Waals surface area contributed by atoms with Crippen molar-refractivity contribution in [3.8, 4) is 11.5 Å².